The van der Waals surface area contributed by atoms with Gasteiger partial charge in [0.15, 0.2) is 5.65 Å². The summed E-state index contributed by atoms with van der Waals surface area (Å²) >= 11 is 11.9. The summed E-state index contributed by atoms with van der Waals surface area (Å²) in [6.07, 6.45) is 1.51. The average Bonchev–Trinajstić information content (AvgIpc) is 3.08. The lowest BCUT2D eigenvalue weighted by Gasteiger charge is -2.08. The normalized spacial score (nSPS) is 10.9. The molecule has 0 unspecified atom stereocenters. The molecule has 0 saturated carbocycles. The van der Waals surface area contributed by atoms with E-state index in [1.807, 2.05) is 43.3 Å². The minimum Gasteiger partial charge on any atom is -0.322 e. The van der Waals surface area contributed by atoms with Gasteiger partial charge in [-0.2, -0.15) is 5.10 Å². The van der Waals surface area contributed by atoms with Crippen LogP contribution in [0.4, 0.5) is 5.69 Å². The molecule has 7 heteroatoms. The second-order valence-electron chi connectivity index (χ2n) is 6.03. The van der Waals surface area contributed by atoms with Crippen LogP contribution in [0.15, 0.2) is 60.8 Å². The van der Waals surface area contributed by atoms with Gasteiger partial charge in [0.05, 0.1) is 21.9 Å². The van der Waals surface area contributed by atoms with Crippen molar-refractivity contribution in [3.05, 3.63) is 82.1 Å². The van der Waals surface area contributed by atoms with Crippen LogP contribution in [0.2, 0.25) is 10.0 Å². The van der Waals surface area contributed by atoms with Crippen molar-refractivity contribution in [2.45, 2.75) is 6.92 Å². The average molecular weight is 397 g/mol. The molecule has 4 rings (SSSR count). The van der Waals surface area contributed by atoms with Crippen LogP contribution >= 0.6 is 23.2 Å². The minimum atomic E-state index is -0.319. The maximum atomic E-state index is 12.8. The summed E-state index contributed by atoms with van der Waals surface area (Å²) in [5, 5.41) is 7.98. The molecular formula is C20H14Cl2N4O. The molecule has 27 heavy (non-hydrogen) atoms. The van der Waals surface area contributed by atoms with Crippen LogP contribution in [0.1, 0.15) is 16.1 Å². The van der Waals surface area contributed by atoms with Gasteiger partial charge in [0.2, 0.25) is 0 Å². The number of nitrogens with one attached hydrogen (secondary N) is 1. The van der Waals surface area contributed by atoms with Crippen molar-refractivity contribution in [2.24, 2.45) is 0 Å². The number of fused-ring (bicyclic) bond motifs is 1. The fourth-order valence-corrected chi connectivity index (χ4v) is 3.13. The summed E-state index contributed by atoms with van der Waals surface area (Å²) in [7, 11) is 0. The van der Waals surface area contributed by atoms with Crippen molar-refractivity contribution < 1.29 is 4.79 Å². The predicted molar refractivity (Wildman–Crippen MR) is 108 cm³/mol. The SMILES string of the molecule is Cc1cc(-c2ccccc2)n2ncc(C(=O)Nc3ccc(Cl)c(Cl)c3)c2n1. The van der Waals surface area contributed by atoms with Crippen LogP contribution in [0, 0.1) is 6.92 Å². The van der Waals surface area contributed by atoms with Crippen molar-refractivity contribution in [1.29, 1.82) is 0 Å². The lowest BCUT2D eigenvalue weighted by atomic mass is 10.1. The number of carbonyl (C=O) groups is 1. The van der Waals surface area contributed by atoms with E-state index in [-0.39, 0.29) is 5.91 Å². The van der Waals surface area contributed by atoms with Gasteiger partial charge in [-0.3, -0.25) is 4.79 Å². The van der Waals surface area contributed by atoms with Gasteiger partial charge in [0, 0.05) is 16.9 Å². The lowest BCUT2D eigenvalue weighted by Crippen LogP contribution is -2.12. The Morgan fingerprint density at radius 1 is 1.04 bits per heavy atom. The van der Waals surface area contributed by atoms with Crippen LogP contribution in [0.5, 0.6) is 0 Å². The predicted octanol–water partition coefficient (Wildman–Crippen LogP) is 5.26. The molecule has 0 spiro atoms. The monoisotopic (exact) mass is 396 g/mol. The third-order valence-electron chi connectivity index (χ3n) is 4.09. The molecule has 0 bridgehead atoms. The highest BCUT2D eigenvalue weighted by atomic mass is 35.5. The number of aromatic nitrogens is 3. The van der Waals surface area contributed by atoms with Gasteiger partial charge < -0.3 is 5.32 Å². The Morgan fingerprint density at radius 3 is 2.56 bits per heavy atom. The number of amides is 1. The van der Waals surface area contributed by atoms with Crippen LogP contribution in [-0.4, -0.2) is 20.5 Å². The topological polar surface area (TPSA) is 59.3 Å². The molecule has 0 aliphatic carbocycles. The zero-order valence-electron chi connectivity index (χ0n) is 14.3. The number of aryl methyl sites for hydroxylation is 1. The maximum Gasteiger partial charge on any atom is 0.261 e. The number of benzene rings is 2. The van der Waals surface area contributed by atoms with Crippen molar-refractivity contribution >= 4 is 40.4 Å². The summed E-state index contributed by atoms with van der Waals surface area (Å²) in [5.41, 5.74) is 4.07. The van der Waals surface area contributed by atoms with Crippen LogP contribution in [-0.2, 0) is 0 Å². The molecule has 0 atom stereocenters. The van der Waals surface area contributed by atoms with Crippen LogP contribution in [0.25, 0.3) is 16.9 Å². The van der Waals surface area contributed by atoms with Crippen LogP contribution < -0.4 is 5.32 Å². The summed E-state index contributed by atoms with van der Waals surface area (Å²) in [6, 6.07) is 16.7. The van der Waals surface area contributed by atoms with Crippen LogP contribution in [0.3, 0.4) is 0 Å². The van der Waals surface area contributed by atoms with E-state index in [4.69, 9.17) is 23.2 Å². The van der Waals surface area contributed by atoms with E-state index in [0.717, 1.165) is 17.0 Å². The quantitative estimate of drug-likeness (QED) is 0.513. The van der Waals surface area contributed by atoms with Gasteiger partial charge in [0.1, 0.15) is 5.56 Å². The Morgan fingerprint density at radius 2 is 1.81 bits per heavy atom. The number of anilines is 1. The van der Waals surface area contributed by atoms with Gasteiger partial charge in [-0.15, -0.1) is 0 Å². The Balaban J connectivity index is 1.75. The first-order chi connectivity index (χ1) is 13.0. The van der Waals surface area contributed by atoms with E-state index in [9.17, 15) is 4.79 Å². The number of halogens is 2. The van der Waals surface area contributed by atoms with E-state index in [1.165, 1.54) is 6.20 Å². The molecular weight excluding hydrogens is 383 g/mol. The molecule has 0 saturated heterocycles. The second-order valence-corrected chi connectivity index (χ2v) is 6.84. The summed E-state index contributed by atoms with van der Waals surface area (Å²) < 4.78 is 1.67. The highest BCUT2D eigenvalue weighted by Gasteiger charge is 2.17. The highest BCUT2D eigenvalue weighted by Crippen LogP contribution is 2.26. The summed E-state index contributed by atoms with van der Waals surface area (Å²) in [4.78, 5) is 17.3. The Bertz CT molecular complexity index is 1160. The molecule has 0 fully saturated rings. The minimum absolute atomic E-state index is 0.319. The molecule has 0 aliphatic heterocycles. The van der Waals surface area contributed by atoms with Gasteiger partial charge >= 0.3 is 0 Å². The first kappa shape index (κ1) is 17.5. The maximum absolute atomic E-state index is 12.8. The molecule has 1 N–H and O–H groups in total. The van der Waals surface area contributed by atoms with E-state index in [2.05, 4.69) is 15.4 Å². The van der Waals surface area contributed by atoms with Gasteiger partial charge in [-0.25, -0.2) is 9.50 Å². The molecule has 2 heterocycles. The van der Waals surface area contributed by atoms with Crippen molar-refractivity contribution in [1.82, 2.24) is 14.6 Å². The molecule has 134 valence electrons. The molecule has 0 radical (unpaired) electrons. The first-order valence-corrected chi connectivity index (χ1v) is 8.96. The van der Waals surface area contributed by atoms with Gasteiger partial charge in [-0.1, -0.05) is 53.5 Å². The van der Waals surface area contributed by atoms with E-state index in [0.29, 0.717) is 26.9 Å². The standard InChI is InChI=1S/C20H14Cl2N4O/c1-12-9-18(13-5-3-2-4-6-13)26-19(24-12)15(11-23-26)20(27)25-14-7-8-16(21)17(22)10-14/h2-11H,1H3,(H,25,27). The van der Waals surface area contributed by atoms with E-state index in [1.54, 1.807) is 22.7 Å². The highest BCUT2D eigenvalue weighted by molar-refractivity contribution is 6.42. The van der Waals surface area contributed by atoms with E-state index < -0.39 is 0 Å². The second kappa shape index (κ2) is 7.02. The third kappa shape index (κ3) is 3.39. The van der Waals surface area contributed by atoms with E-state index >= 15 is 0 Å². The number of hydrogen-bond acceptors (Lipinski definition) is 3. The molecule has 0 aliphatic rings. The smallest absolute Gasteiger partial charge is 0.261 e. The van der Waals surface area contributed by atoms with Gasteiger partial charge in [0.25, 0.3) is 5.91 Å². The summed E-state index contributed by atoms with van der Waals surface area (Å²) in [6.45, 7) is 1.89. The zero-order valence-corrected chi connectivity index (χ0v) is 15.8. The van der Waals surface area contributed by atoms with Crippen molar-refractivity contribution in [3.63, 3.8) is 0 Å². The van der Waals surface area contributed by atoms with Crippen molar-refractivity contribution in [3.8, 4) is 11.3 Å². The molecule has 5 nitrogen and oxygen atoms in total. The zero-order chi connectivity index (χ0) is 19.0. The molecule has 2 aromatic carbocycles. The van der Waals surface area contributed by atoms with Gasteiger partial charge in [-0.05, 0) is 31.2 Å². The Hall–Kier alpha value is -2.89. The first-order valence-electron chi connectivity index (χ1n) is 8.20. The molecule has 1 amide bonds. The number of nitrogens with zero attached hydrogens (tertiary/aromatic N) is 3. The Kier molecular flexibility index (Phi) is 4.56. The number of hydrogen-bond donors (Lipinski definition) is 1. The lowest BCUT2D eigenvalue weighted by molar-refractivity contribution is 0.102. The number of rotatable bonds is 3. The molecule has 2 aromatic heterocycles. The largest absolute Gasteiger partial charge is 0.322 e. The fourth-order valence-electron chi connectivity index (χ4n) is 2.83. The summed E-state index contributed by atoms with van der Waals surface area (Å²) in [5.74, 6) is -0.319. The Labute approximate surface area is 165 Å². The third-order valence-corrected chi connectivity index (χ3v) is 4.83. The van der Waals surface area contributed by atoms with Crippen molar-refractivity contribution in [2.75, 3.05) is 5.32 Å². The molecule has 4 aromatic rings. The number of carbonyl (C=O) groups excluding carboxylic acids is 1. The fraction of sp³-hybridized carbons (Fsp3) is 0.0500.